The average molecular weight is 283 g/mol. The lowest BCUT2D eigenvalue weighted by atomic mass is 9.77. The Morgan fingerprint density at radius 1 is 1.35 bits per heavy atom. The number of amides is 1. The Labute approximate surface area is 120 Å². The van der Waals surface area contributed by atoms with E-state index in [4.69, 9.17) is 9.47 Å². The Morgan fingerprint density at radius 2 is 1.85 bits per heavy atom. The Bertz CT molecular complexity index is 399. The summed E-state index contributed by atoms with van der Waals surface area (Å²) in [5, 5.41) is 10.7. The summed E-state index contributed by atoms with van der Waals surface area (Å²) in [6, 6.07) is -0.307. The highest BCUT2D eigenvalue weighted by Gasteiger charge is 2.49. The third-order valence-electron chi connectivity index (χ3n) is 3.95. The molecule has 2 saturated heterocycles. The molecule has 2 atom stereocenters. The SMILES string of the molecule is C=C(C)C1(O)CC2COCC(C1)N2C(=O)OC(C)(C)C. The zero-order valence-electron chi connectivity index (χ0n) is 12.8. The number of carbonyl (C=O) groups excluding carboxylic acids is 1. The molecule has 0 aromatic heterocycles. The number of ether oxygens (including phenoxy) is 2. The van der Waals surface area contributed by atoms with E-state index >= 15 is 0 Å². The van der Waals surface area contributed by atoms with Crippen LogP contribution in [-0.4, -0.2) is 52.6 Å². The van der Waals surface area contributed by atoms with Crippen LogP contribution in [0.3, 0.4) is 0 Å². The number of rotatable bonds is 1. The largest absolute Gasteiger partial charge is 0.444 e. The minimum Gasteiger partial charge on any atom is -0.444 e. The fourth-order valence-corrected chi connectivity index (χ4v) is 2.94. The van der Waals surface area contributed by atoms with E-state index in [-0.39, 0.29) is 18.2 Å². The lowest BCUT2D eigenvalue weighted by Crippen LogP contribution is -2.64. The Kier molecular flexibility index (Phi) is 3.86. The van der Waals surface area contributed by atoms with Gasteiger partial charge in [0.25, 0.3) is 0 Å². The van der Waals surface area contributed by atoms with E-state index in [9.17, 15) is 9.90 Å². The molecule has 1 amide bonds. The Hall–Kier alpha value is -1.07. The van der Waals surface area contributed by atoms with Crippen molar-refractivity contribution < 1.29 is 19.4 Å². The number of piperidine rings is 1. The van der Waals surface area contributed by atoms with Gasteiger partial charge >= 0.3 is 6.09 Å². The first-order chi connectivity index (χ1) is 9.12. The fourth-order valence-electron chi connectivity index (χ4n) is 2.94. The van der Waals surface area contributed by atoms with Gasteiger partial charge in [0, 0.05) is 12.8 Å². The highest BCUT2D eigenvalue weighted by atomic mass is 16.6. The molecule has 0 saturated carbocycles. The molecular formula is C15H25NO4. The van der Waals surface area contributed by atoms with Gasteiger partial charge < -0.3 is 14.6 Å². The molecule has 0 aromatic carbocycles. The summed E-state index contributed by atoms with van der Waals surface area (Å²) in [4.78, 5) is 14.1. The van der Waals surface area contributed by atoms with Gasteiger partial charge in [-0.25, -0.2) is 4.79 Å². The first-order valence-corrected chi connectivity index (χ1v) is 7.10. The number of hydrogen-bond donors (Lipinski definition) is 1. The standard InChI is InChI=1S/C15H25NO4/c1-10(2)15(18)6-11-8-19-9-12(7-15)16(11)13(17)20-14(3,4)5/h11-12,18H,1,6-9H2,2-5H3. The molecule has 1 N–H and O–H groups in total. The zero-order valence-corrected chi connectivity index (χ0v) is 12.8. The molecule has 2 aliphatic heterocycles. The lowest BCUT2D eigenvalue weighted by Gasteiger charge is -2.51. The van der Waals surface area contributed by atoms with E-state index in [1.807, 2.05) is 27.7 Å². The van der Waals surface area contributed by atoms with Crippen molar-refractivity contribution in [3.63, 3.8) is 0 Å². The number of nitrogens with zero attached hydrogens (tertiary/aromatic N) is 1. The van der Waals surface area contributed by atoms with E-state index in [1.165, 1.54) is 0 Å². The molecule has 0 radical (unpaired) electrons. The summed E-state index contributed by atoms with van der Waals surface area (Å²) in [5.41, 5.74) is -0.676. The van der Waals surface area contributed by atoms with Crippen LogP contribution in [0.15, 0.2) is 12.2 Å². The third-order valence-corrected chi connectivity index (χ3v) is 3.95. The molecule has 2 bridgehead atoms. The molecule has 2 fully saturated rings. The molecule has 2 unspecified atom stereocenters. The van der Waals surface area contributed by atoms with Crippen molar-refractivity contribution in [3.8, 4) is 0 Å². The van der Waals surface area contributed by atoms with Crippen molar-refractivity contribution >= 4 is 6.09 Å². The van der Waals surface area contributed by atoms with Crippen molar-refractivity contribution in [2.75, 3.05) is 13.2 Å². The maximum absolute atomic E-state index is 12.4. The summed E-state index contributed by atoms with van der Waals surface area (Å²) >= 11 is 0. The van der Waals surface area contributed by atoms with Gasteiger partial charge in [-0.3, -0.25) is 4.90 Å². The van der Waals surface area contributed by atoms with Crippen molar-refractivity contribution in [2.24, 2.45) is 0 Å². The zero-order chi connectivity index (χ0) is 15.1. The molecule has 0 spiro atoms. The normalized spacial score (nSPS) is 33.8. The summed E-state index contributed by atoms with van der Waals surface area (Å²) in [7, 11) is 0. The van der Waals surface area contributed by atoms with Gasteiger partial charge in [0.15, 0.2) is 0 Å². The Balaban J connectivity index is 2.17. The number of carbonyl (C=O) groups is 1. The van der Waals surface area contributed by atoms with Gasteiger partial charge in [-0.1, -0.05) is 6.58 Å². The van der Waals surface area contributed by atoms with Crippen LogP contribution in [0.4, 0.5) is 4.79 Å². The van der Waals surface area contributed by atoms with Crippen molar-refractivity contribution in [3.05, 3.63) is 12.2 Å². The van der Waals surface area contributed by atoms with E-state index in [0.717, 1.165) is 5.57 Å². The first-order valence-electron chi connectivity index (χ1n) is 7.10. The Morgan fingerprint density at radius 3 is 2.25 bits per heavy atom. The monoisotopic (exact) mass is 283 g/mol. The lowest BCUT2D eigenvalue weighted by molar-refractivity contribution is -0.126. The van der Waals surface area contributed by atoms with Crippen molar-refractivity contribution in [1.29, 1.82) is 0 Å². The molecule has 2 aliphatic rings. The van der Waals surface area contributed by atoms with Crippen LogP contribution in [-0.2, 0) is 9.47 Å². The van der Waals surface area contributed by atoms with Gasteiger partial charge in [-0.2, -0.15) is 0 Å². The second-order valence-corrected chi connectivity index (χ2v) is 6.95. The molecule has 0 aliphatic carbocycles. The smallest absolute Gasteiger partial charge is 0.410 e. The third kappa shape index (κ3) is 2.99. The molecule has 114 valence electrons. The summed E-state index contributed by atoms with van der Waals surface area (Å²) in [6.07, 6.45) is 0.593. The first kappa shape index (κ1) is 15.3. The van der Waals surface area contributed by atoms with E-state index < -0.39 is 11.2 Å². The summed E-state index contributed by atoms with van der Waals surface area (Å²) in [5.74, 6) is 0. The molecule has 5 nitrogen and oxygen atoms in total. The fraction of sp³-hybridized carbons (Fsp3) is 0.800. The molecule has 20 heavy (non-hydrogen) atoms. The van der Waals surface area contributed by atoms with Crippen molar-refractivity contribution in [1.82, 2.24) is 4.90 Å². The van der Waals surface area contributed by atoms with Gasteiger partial charge in [-0.05, 0) is 33.3 Å². The van der Waals surface area contributed by atoms with E-state index in [2.05, 4.69) is 6.58 Å². The van der Waals surface area contributed by atoms with Gasteiger partial charge in [0.2, 0.25) is 0 Å². The highest BCUT2D eigenvalue weighted by Crippen LogP contribution is 2.38. The maximum atomic E-state index is 12.4. The molecule has 2 heterocycles. The second kappa shape index (κ2) is 5.04. The van der Waals surface area contributed by atoms with E-state index in [0.29, 0.717) is 26.1 Å². The average Bonchev–Trinajstić information content (AvgIpc) is 2.24. The van der Waals surface area contributed by atoms with E-state index in [1.54, 1.807) is 4.90 Å². The number of hydrogen-bond acceptors (Lipinski definition) is 4. The minimum absolute atomic E-state index is 0.154. The summed E-state index contributed by atoms with van der Waals surface area (Å²) in [6.45, 7) is 12.1. The molecular weight excluding hydrogens is 258 g/mol. The maximum Gasteiger partial charge on any atom is 0.410 e. The van der Waals surface area contributed by atoms with Crippen LogP contribution in [0.1, 0.15) is 40.5 Å². The van der Waals surface area contributed by atoms with Crippen LogP contribution in [0.2, 0.25) is 0 Å². The number of fused-ring (bicyclic) bond motifs is 2. The summed E-state index contributed by atoms with van der Waals surface area (Å²) < 4.78 is 11.0. The van der Waals surface area contributed by atoms with Crippen LogP contribution >= 0.6 is 0 Å². The number of morpholine rings is 1. The predicted octanol–water partition coefficient (Wildman–Crippen LogP) is 2.09. The quantitative estimate of drug-likeness (QED) is 0.749. The predicted molar refractivity (Wildman–Crippen MR) is 75.5 cm³/mol. The van der Waals surface area contributed by atoms with Gasteiger partial charge in [0.1, 0.15) is 5.60 Å². The molecule has 5 heteroatoms. The number of aliphatic hydroxyl groups is 1. The van der Waals surface area contributed by atoms with Gasteiger partial charge in [0.05, 0.1) is 30.9 Å². The van der Waals surface area contributed by atoms with Crippen LogP contribution in [0.5, 0.6) is 0 Å². The molecule has 0 aromatic rings. The van der Waals surface area contributed by atoms with Crippen LogP contribution in [0.25, 0.3) is 0 Å². The topological polar surface area (TPSA) is 59.0 Å². The molecule has 2 rings (SSSR count). The highest BCUT2D eigenvalue weighted by molar-refractivity contribution is 5.69. The minimum atomic E-state index is -0.905. The van der Waals surface area contributed by atoms with Crippen molar-refractivity contribution in [2.45, 2.75) is 63.8 Å². The second-order valence-electron chi connectivity index (χ2n) is 6.95. The van der Waals surface area contributed by atoms with Gasteiger partial charge in [-0.15, -0.1) is 0 Å². The van der Waals surface area contributed by atoms with Crippen LogP contribution < -0.4 is 0 Å². The van der Waals surface area contributed by atoms with Crippen LogP contribution in [0, 0.1) is 0 Å².